The van der Waals surface area contributed by atoms with Crippen LogP contribution < -0.4 is 5.32 Å². The number of esters is 2. The summed E-state index contributed by atoms with van der Waals surface area (Å²) in [6.45, 7) is 0.717. The Morgan fingerprint density at radius 1 is 1.09 bits per heavy atom. The minimum Gasteiger partial charge on any atom is -0.465 e. The van der Waals surface area contributed by atoms with Crippen molar-refractivity contribution in [1.82, 2.24) is 30.1 Å². The van der Waals surface area contributed by atoms with Gasteiger partial charge in [0.2, 0.25) is 5.76 Å². The fraction of sp³-hybridized carbons (Fsp3) is 0.448. The number of aliphatic hydroxyl groups excluding tert-OH is 1. The van der Waals surface area contributed by atoms with Gasteiger partial charge in [-0.3, -0.25) is 4.79 Å². The van der Waals surface area contributed by atoms with Crippen molar-refractivity contribution < 1.29 is 38.2 Å². The quantitative estimate of drug-likeness (QED) is 0.415. The zero-order chi connectivity index (χ0) is 30.5. The first kappa shape index (κ1) is 29.8. The van der Waals surface area contributed by atoms with Crippen LogP contribution in [0.15, 0.2) is 40.9 Å². The molecule has 2 atom stereocenters. The number of aryl methyl sites for hydroxylation is 1. The minimum absolute atomic E-state index is 0.00597. The van der Waals surface area contributed by atoms with E-state index in [0.29, 0.717) is 25.1 Å². The number of fused-ring (bicyclic) bond motifs is 4. The number of carbonyl (C=O) groups excluding carboxylic acids is 4. The molecule has 14 nitrogen and oxygen atoms in total. The fourth-order valence-electron chi connectivity index (χ4n) is 5.58. The van der Waals surface area contributed by atoms with Crippen molar-refractivity contribution in [3.8, 4) is 0 Å². The summed E-state index contributed by atoms with van der Waals surface area (Å²) in [6.07, 6.45) is 3.06. The maximum atomic E-state index is 13.9. The number of rotatable bonds is 5. The van der Waals surface area contributed by atoms with Crippen LogP contribution in [0.25, 0.3) is 0 Å². The molecule has 3 aromatic rings. The second-order valence-corrected chi connectivity index (χ2v) is 10.5. The van der Waals surface area contributed by atoms with E-state index in [2.05, 4.69) is 15.6 Å². The lowest BCUT2D eigenvalue weighted by Crippen LogP contribution is -2.46. The number of hydrogen-bond donors (Lipinski definition) is 2. The van der Waals surface area contributed by atoms with E-state index in [9.17, 15) is 24.3 Å². The van der Waals surface area contributed by atoms with Crippen molar-refractivity contribution in [2.24, 2.45) is 0 Å². The second kappa shape index (κ2) is 13.1. The van der Waals surface area contributed by atoms with E-state index in [1.807, 2.05) is 30.3 Å². The maximum Gasteiger partial charge on any atom is 0.342 e. The normalized spacial score (nSPS) is 19.4. The van der Waals surface area contributed by atoms with Gasteiger partial charge in [-0.25, -0.2) is 19.1 Å². The molecule has 4 heterocycles. The average molecular weight is 595 g/mol. The molecule has 2 aromatic heterocycles. The summed E-state index contributed by atoms with van der Waals surface area (Å²) < 4.78 is 17.5. The molecule has 43 heavy (non-hydrogen) atoms. The van der Waals surface area contributed by atoms with Crippen molar-refractivity contribution in [1.29, 1.82) is 0 Å². The van der Waals surface area contributed by atoms with Crippen LogP contribution in [-0.2, 0) is 35.5 Å². The number of furan rings is 1. The third-order valence-electron chi connectivity index (χ3n) is 7.80. The molecule has 2 bridgehead atoms. The molecule has 14 heteroatoms. The molecule has 0 aliphatic carbocycles. The first-order chi connectivity index (χ1) is 20.8. The van der Waals surface area contributed by atoms with Gasteiger partial charge in [0.25, 0.3) is 5.91 Å². The van der Waals surface area contributed by atoms with Crippen molar-refractivity contribution >= 4 is 23.9 Å². The van der Waals surface area contributed by atoms with Gasteiger partial charge in [0.05, 0.1) is 57.9 Å². The summed E-state index contributed by atoms with van der Waals surface area (Å²) in [5.74, 6) is -2.66. The molecule has 0 radical (unpaired) electrons. The Balaban J connectivity index is 1.58. The van der Waals surface area contributed by atoms with Crippen LogP contribution in [0.5, 0.6) is 0 Å². The first-order valence-corrected chi connectivity index (χ1v) is 14.0. The maximum absolute atomic E-state index is 13.9. The molecular formula is C29H34N6O8. The third kappa shape index (κ3) is 6.23. The van der Waals surface area contributed by atoms with Crippen LogP contribution in [0.2, 0.25) is 0 Å². The van der Waals surface area contributed by atoms with Crippen LogP contribution in [-0.4, -0.2) is 93.2 Å². The molecule has 1 saturated heterocycles. The third-order valence-corrected chi connectivity index (χ3v) is 7.80. The molecule has 2 N–H and O–H groups in total. The summed E-state index contributed by atoms with van der Waals surface area (Å²) in [5.41, 5.74) is 1.02. The van der Waals surface area contributed by atoms with E-state index < -0.39 is 36.5 Å². The largest absolute Gasteiger partial charge is 0.465 e. The highest BCUT2D eigenvalue weighted by atomic mass is 16.5. The highest BCUT2D eigenvalue weighted by molar-refractivity contribution is 6.11. The van der Waals surface area contributed by atoms with Crippen LogP contribution in [0.1, 0.15) is 67.6 Å². The lowest BCUT2D eigenvalue weighted by molar-refractivity contribution is 0.0549. The lowest BCUT2D eigenvalue weighted by atomic mass is 10.0. The minimum atomic E-state index is -0.922. The van der Waals surface area contributed by atoms with E-state index in [0.717, 1.165) is 19.8 Å². The topological polar surface area (TPSA) is 169 Å². The number of aromatic nitrogens is 3. The number of amides is 3. The number of ether oxygens (including phenoxy) is 2. The Morgan fingerprint density at radius 2 is 1.84 bits per heavy atom. The first-order valence-electron chi connectivity index (χ1n) is 14.0. The molecular weight excluding hydrogens is 560 g/mol. The van der Waals surface area contributed by atoms with E-state index >= 15 is 0 Å². The fourth-order valence-corrected chi connectivity index (χ4v) is 5.58. The van der Waals surface area contributed by atoms with Gasteiger partial charge in [-0.05, 0) is 24.8 Å². The molecule has 2 aliphatic heterocycles. The number of aliphatic hydroxyl groups is 1. The summed E-state index contributed by atoms with van der Waals surface area (Å²) in [6, 6.07) is 7.99. The van der Waals surface area contributed by atoms with Crippen molar-refractivity contribution in [2.75, 3.05) is 27.4 Å². The van der Waals surface area contributed by atoms with Crippen LogP contribution in [0.3, 0.4) is 0 Å². The van der Waals surface area contributed by atoms with Gasteiger partial charge >= 0.3 is 18.0 Å². The smallest absolute Gasteiger partial charge is 0.342 e. The predicted octanol–water partition coefficient (Wildman–Crippen LogP) is 1.77. The number of benzene rings is 1. The van der Waals surface area contributed by atoms with Crippen LogP contribution in [0, 0.1) is 0 Å². The second-order valence-electron chi connectivity index (χ2n) is 10.5. The monoisotopic (exact) mass is 594 g/mol. The molecule has 1 aromatic carbocycles. The zero-order valence-electron chi connectivity index (χ0n) is 24.0. The Hall–Kier alpha value is -4.72. The van der Waals surface area contributed by atoms with Gasteiger partial charge in [-0.2, -0.15) is 0 Å². The molecule has 0 saturated carbocycles. The molecule has 2 aliphatic rings. The van der Waals surface area contributed by atoms with Gasteiger partial charge in [0, 0.05) is 19.5 Å². The highest BCUT2D eigenvalue weighted by Gasteiger charge is 2.39. The van der Waals surface area contributed by atoms with Gasteiger partial charge in [-0.15, -0.1) is 5.10 Å². The van der Waals surface area contributed by atoms with Crippen LogP contribution in [0.4, 0.5) is 4.79 Å². The van der Waals surface area contributed by atoms with Gasteiger partial charge in [0.15, 0.2) is 0 Å². The van der Waals surface area contributed by atoms with Crippen molar-refractivity contribution in [2.45, 2.75) is 57.4 Å². The van der Waals surface area contributed by atoms with E-state index in [-0.39, 0.29) is 61.2 Å². The molecule has 0 unspecified atom stereocenters. The highest BCUT2D eigenvalue weighted by Crippen LogP contribution is 2.30. The summed E-state index contributed by atoms with van der Waals surface area (Å²) in [4.78, 5) is 56.6. The average Bonchev–Trinajstić information content (AvgIpc) is 3.77. The number of methoxy groups -OCH3 is 2. The van der Waals surface area contributed by atoms with E-state index in [1.54, 1.807) is 20.7 Å². The molecule has 5 rings (SSSR count). The lowest BCUT2D eigenvalue weighted by Gasteiger charge is -2.27. The number of urea groups is 1. The van der Waals surface area contributed by atoms with Crippen molar-refractivity contribution in [3.05, 3.63) is 70.4 Å². The Kier molecular flexibility index (Phi) is 9.04. The van der Waals surface area contributed by atoms with Gasteiger partial charge in [-0.1, -0.05) is 35.5 Å². The number of hydrogen-bond acceptors (Lipinski definition) is 10. The van der Waals surface area contributed by atoms with Crippen molar-refractivity contribution in [3.63, 3.8) is 0 Å². The Bertz CT molecular complexity index is 1490. The Labute approximate surface area is 247 Å². The molecule has 228 valence electrons. The number of nitrogens with one attached hydrogen (secondary N) is 1. The van der Waals surface area contributed by atoms with E-state index in [4.69, 9.17) is 13.9 Å². The van der Waals surface area contributed by atoms with Gasteiger partial charge < -0.3 is 34.1 Å². The number of nitrogens with zero attached hydrogens (tertiary/aromatic N) is 5. The Morgan fingerprint density at radius 3 is 2.56 bits per heavy atom. The zero-order valence-corrected chi connectivity index (χ0v) is 24.0. The molecule has 3 amide bonds. The summed E-state index contributed by atoms with van der Waals surface area (Å²) in [7, 11) is 2.30. The standard InChI is InChI=1S/C29H34N6O8/c1-41-27(38)23-22-11-10-19(17-36)31-29(40)33(14-18-7-4-3-5-8-18)15-21-13-30-32-35(21)16-20-9-6-12-34(20)26(37)25(43-22)24(23)28(39)42-2/h3-5,7-8,13,19-20,36H,6,9-12,14-17H2,1-2H3,(H,31,40)/t19-,20-/m0/s1. The van der Waals surface area contributed by atoms with E-state index in [1.165, 1.54) is 0 Å². The molecule has 0 spiro atoms. The SMILES string of the molecule is COC(=O)c1c2oc(c1C(=O)OC)C(=O)N1CCC[C@H]1Cn1nncc1CN(Cc1ccccc1)C(=O)N[C@H](CO)CC2. The number of carbonyl (C=O) groups is 4. The van der Waals surface area contributed by atoms with Crippen LogP contribution >= 0.6 is 0 Å². The summed E-state index contributed by atoms with van der Waals surface area (Å²) >= 11 is 0. The molecule has 1 fully saturated rings. The van der Waals surface area contributed by atoms with Gasteiger partial charge in [0.1, 0.15) is 16.9 Å². The summed E-state index contributed by atoms with van der Waals surface area (Å²) in [5, 5.41) is 21.3. The predicted molar refractivity (Wildman–Crippen MR) is 149 cm³/mol.